The second-order valence-corrected chi connectivity index (χ2v) is 6.72. The first kappa shape index (κ1) is 15.8. The molecule has 0 aromatic heterocycles. The van der Waals surface area contributed by atoms with Crippen LogP contribution in [0.15, 0.2) is 24.3 Å². The van der Waals surface area contributed by atoms with E-state index in [1.54, 1.807) is 0 Å². The number of benzene rings is 1. The average Bonchev–Trinajstić information content (AvgIpc) is 2.40. The summed E-state index contributed by atoms with van der Waals surface area (Å²) in [6.45, 7) is 10.1. The van der Waals surface area contributed by atoms with Crippen molar-refractivity contribution < 1.29 is 9.53 Å². The summed E-state index contributed by atoms with van der Waals surface area (Å²) in [5, 5.41) is 3.36. The quantitative estimate of drug-likeness (QED) is 0.910. The van der Waals surface area contributed by atoms with Gasteiger partial charge in [0.15, 0.2) is 0 Å². The molecule has 0 spiro atoms. The van der Waals surface area contributed by atoms with Gasteiger partial charge in [0.05, 0.1) is 6.04 Å². The first-order valence-electron chi connectivity index (χ1n) is 7.61. The van der Waals surface area contributed by atoms with Crippen LogP contribution in [0.25, 0.3) is 0 Å². The number of piperazine rings is 1. The lowest BCUT2D eigenvalue weighted by Crippen LogP contribution is -2.55. The Bertz CT molecular complexity index is 477. The molecule has 0 bridgehead atoms. The van der Waals surface area contributed by atoms with Crippen LogP contribution < -0.4 is 5.32 Å². The van der Waals surface area contributed by atoms with Crippen molar-refractivity contribution in [3.05, 3.63) is 35.4 Å². The van der Waals surface area contributed by atoms with Crippen LogP contribution in [0.2, 0.25) is 0 Å². The Morgan fingerprint density at radius 2 is 2.00 bits per heavy atom. The van der Waals surface area contributed by atoms with Crippen molar-refractivity contribution in [1.82, 2.24) is 10.2 Å². The summed E-state index contributed by atoms with van der Waals surface area (Å²) in [5.41, 5.74) is 2.06. The smallest absolute Gasteiger partial charge is 0.410 e. The summed E-state index contributed by atoms with van der Waals surface area (Å²) in [5.74, 6) is 0. The summed E-state index contributed by atoms with van der Waals surface area (Å²) in [7, 11) is 0. The van der Waals surface area contributed by atoms with Crippen LogP contribution >= 0.6 is 0 Å². The molecule has 1 atom stereocenters. The van der Waals surface area contributed by atoms with Gasteiger partial charge in [-0.05, 0) is 39.7 Å². The Morgan fingerprint density at radius 1 is 1.33 bits per heavy atom. The number of aryl methyl sites for hydroxylation is 1. The zero-order valence-corrected chi connectivity index (χ0v) is 13.5. The summed E-state index contributed by atoms with van der Waals surface area (Å²) >= 11 is 0. The third-order valence-electron chi connectivity index (χ3n) is 3.57. The minimum Gasteiger partial charge on any atom is -0.444 e. The number of amides is 1. The summed E-state index contributed by atoms with van der Waals surface area (Å²) in [4.78, 5) is 14.2. The molecule has 1 aliphatic heterocycles. The molecule has 116 valence electrons. The van der Waals surface area contributed by atoms with E-state index in [2.05, 4.69) is 36.5 Å². The van der Waals surface area contributed by atoms with E-state index in [1.165, 1.54) is 11.1 Å². The molecule has 4 nitrogen and oxygen atoms in total. The predicted octanol–water partition coefficient (Wildman–Crippen LogP) is 2.75. The van der Waals surface area contributed by atoms with Crippen molar-refractivity contribution in [2.45, 2.75) is 45.8 Å². The Kier molecular flexibility index (Phi) is 4.88. The Morgan fingerprint density at radius 3 is 2.62 bits per heavy atom. The number of ether oxygens (including phenoxy) is 1. The number of nitrogens with one attached hydrogen (secondary N) is 1. The Hall–Kier alpha value is -1.55. The fourth-order valence-electron chi connectivity index (χ4n) is 2.50. The standard InChI is InChI=1S/C17H26N2O2/c1-13-5-7-14(8-6-13)11-15-12-18-9-10-19(15)16(20)21-17(2,3)4/h5-8,15,18H,9-12H2,1-4H3/t15-/m0/s1. The van der Waals surface area contributed by atoms with Gasteiger partial charge < -0.3 is 15.0 Å². The zero-order valence-electron chi connectivity index (χ0n) is 13.5. The fourth-order valence-corrected chi connectivity index (χ4v) is 2.50. The van der Waals surface area contributed by atoms with Crippen molar-refractivity contribution in [3.8, 4) is 0 Å². The second-order valence-electron chi connectivity index (χ2n) is 6.72. The van der Waals surface area contributed by atoms with Gasteiger partial charge >= 0.3 is 6.09 Å². The highest BCUT2D eigenvalue weighted by Gasteiger charge is 2.30. The van der Waals surface area contributed by atoms with Crippen LogP contribution in [-0.2, 0) is 11.2 Å². The molecule has 1 aromatic carbocycles. The molecule has 1 amide bonds. The molecular weight excluding hydrogens is 264 g/mol. The maximum atomic E-state index is 12.3. The van der Waals surface area contributed by atoms with Crippen molar-refractivity contribution >= 4 is 6.09 Å². The lowest BCUT2D eigenvalue weighted by molar-refractivity contribution is 0.0122. The fraction of sp³-hybridized carbons (Fsp3) is 0.588. The van der Waals surface area contributed by atoms with Crippen molar-refractivity contribution in [2.24, 2.45) is 0 Å². The van der Waals surface area contributed by atoms with Gasteiger partial charge in [-0.1, -0.05) is 29.8 Å². The van der Waals surface area contributed by atoms with E-state index in [0.717, 1.165) is 19.5 Å². The van der Waals surface area contributed by atoms with Crippen LogP contribution in [-0.4, -0.2) is 42.3 Å². The molecule has 1 saturated heterocycles. The van der Waals surface area contributed by atoms with Gasteiger partial charge in [0, 0.05) is 19.6 Å². The SMILES string of the molecule is Cc1ccc(C[C@H]2CNCCN2C(=O)OC(C)(C)C)cc1. The number of hydrogen-bond donors (Lipinski definition) is 1. The van der Waals surface area contributed by atoms with Crippen LogP contribution in [0.4, 0.5) is 4.79 Å². The van der Waals surface area contributed by atoms with E-state index in [0.29, 0.717) is 6.54 Å². The second kappa shape index (κ2) is 6.48. The van der Waals surface area contributed by atoms with Gasteiger partial charge in [0.2, 0.25) is 0 Å². The summed E-state index contributed by atoms with van der Waals surface area (Å²) < 4.78 is 5.52. The van der Waals surface area contributed by atoms with E-state index in [-0.39, 0.29) is 12.1 Å². The van der Waals surface area contributed by atoms with Crippen LogP contribution in [0.1, 0.15) is 31.9 Å². The molecule has 0 saturated carbocycles. The number of carbonyl (C=O) groups is 1. The topological polar surface area (TPSA) is 41.6 Å². The number of carbonyl (C=O) groups excluding carboxylic acids is 1. The first-order valence-corrected chi connectivity index (χ1v) is 7.61. The molecule has 4 heteroatoms. The highest BCUT2D eigenvalue weighted by molar-refractivity contribution is 5.68. The van der Waals surface area contributed by atoms with E-state index in [1.807, 2.05) is 25.7 Å². The molecule has 0 radical (unpaired) electrons. The molecule has 1 aromatic rings. The molecule has 21 heavy (non-hydrogen) atoms. The molecule has 1 N–H and O–H groups in total. The molecule has 2 rings (SSSR count). The summed E-state index contributed by atoms with van der Waals surface area (Å²) in [6.07, 6.45) is 0.646. The molecule has 1 aliphatic rings. The number of hydrogen-bond acceptors (Lipinski definition) is 3. The third kappa shape index (κ3) is 4.74. The van der Waals surface area contributed by atoms with Crippen molar-refractivity contribution in [3.63, 3.8) is 0 Å². The van der Waals surface area contributed by atoms with Crippen LogP contribution in [0.3, 0.4) is 0 Å². The largest absolute Gasteiger partial charge is 0.444 e. The monoisotopic (exact) mass is 290 g/mol. The molecule has 0 aliphatic carbocycles. The van der Waals surface area contributed by atoms with Gasteiger partial charge in [-0.3, -0.25) is 0 Å². The van der Waals surface area contributed by atoms with E-state index in [4.69, 9.17) is 4.74 Å². The van der Waals surface area contributed by atoms with E-state index >= 15 is 0 Å². The normalized spacial score (nSPS) is 19.4. The van der Waals surface area contributed by atoms with Crippen molar-refractivity contribution in [1.29, 1.82) is 0 Å². The van der Waals surface area contributed by atoms with Crippen LogP contribution in [0, 0.1) is 6.92 Å². The van der Waals surface area contributed by atoms with E-state index < -0.39 is 5.60 Å². The average molecular weight is 290 g/mol. The Balaban J connectivity index is 2.04. The zero-order chi connectivity index (χ0) is 15.5. The highest BCUT2D eigenvalue weighted by Crippen LogP contribution is 2.16. The molecule has 1 fully saturated rings. The first-order chi connectivity index (χ1) is 9.85. The maximum Gasteiger partial charge on any atom is 0.410 e. The predicted molar refractivity (Wildman–Crippen MR) is 84.5 cm³/mol. The lowest BCUT2D eigenvalue weighted by Gasteiger charge is -2.37. The minimum absolute atomic E-state index is 0.149. The third-order valence-corrected chi connectivity index (χ3v) is 3.57. The Labute approximate surface area is 127 Å². The number of rotatable bonds is 2. The lowest BCUT2D eigenvalue weighted by atomic mass is 10.0. The van der Waals surface area contributed by atoms with Gasteiger partial charge in [0.25, 0.3) is 0 Å². The van der Waals surface area contributed by atoms with Gasteiger partial charge in [0.1, 0.15) is 5.60 Å². The van der Waals surface area contributed by atoms with Gasteiger partial charge in [-0.2, -0.15) is 0 Å². The molecule has 1 heterocycles. The minimum atomic E-state index is -0.448. The summed E-state index contributed by atoms with van der Waals surface area (Å²) in [6, 6.07) is 8.65. The van der Waals surface area contributed by atoms with Gasteiger partial charge in [-0.25, -0.2) is 4.79 Å². The number of nitrogens with zero attached hydrogens (tertiary/aromatic N) is 1. The van der Waals surface area contributed by atoms with Crippen LogP contribution in [0.5, 0.6) is 0 Å². The highest BCUT2D eigenvalue weighted by atomic mass is 16.6. The van der Waals surface area contributed by atoms with E-state index in [9.17, 15) is 4.79 Å². The maximum absolute atomic E-state index is 12.3. The van der Waals surface area contributed by atoms with Gasteiger partial charge in [-0.15, -0.1) is 0 Å². The molecule has 0 unspecified atom stereocenters. The molecular formula is C17H26N2O2. The van der Waals surface area contributed by atoms with Crippen molar-refractivity contribution in [2.75, 3.05) is 19.6 Å².